The number of hydrogen-bond acceptors (Lipinski definition) is 6. The number of carbonyl (C=O) groups excluding carboxylic acids is 3. The van der Waals surface area contributed by atoms with Gasteiger partial charge in [-0.2, -0.15) is 13.2 Å². The lowest BCUT2D eigenvalue weighted by molar-refractivity contribution is -0.150. The summed E-state index contributed by atoms with van der Waals surface area (Å²) >= 11 is 6.74. The summed E-state index contributed by atoms with van der Waals surface area (Å²) in [5.41, 5.74) is -0.725. The minimum atomic E-state index is -4.65. The Balaban J connectivity index is 1.79. The number of anilines is 2. The fourth-order valence-corrected chi connectivity index (χ4v) is 4.57. The van der Waals surface area contributed by atoms with Crippen molar-refractivity contribution < 1.29 is 41.1 Å². The number of benzene rings is 1. The van der Waals surface area contributed by atoms with Crippen molar-refractivity contribution in [2.45, 2.75) is 18.6 Å². The molecule has 1 saturated heterocycles. The van der Waals surface area contributed by atoms with Crippen molar-refractivity contribution >= 4 is 52.0 Å². The number of ether oxygens (including phenoxy) is 1. The van der Waals surface area contributed by atoms with E-state index in [2.05, 4.69) is 10.6 Å². The Labute approximate surface area is 217 Å². The number of carbonyl (C=O) groups is 3. The molecule has 3 rings (SSSR count). The van der Waals surface area contributed by atoms with E-state index in [1.807, 2.05) is 0 Å². The fourth-order valence-electron chi connectivity index (χ4n) is 3.61. The van der Waals surface area contributed by atoms with E-state index in [1.165, 1.54) is 24.3 Å². The second kappa shape index (κ2) is 12.2. The summed E-state index contributed by atoms with van der Waals surface area (Å²) in [4.78, 5) is 39.4. The highest BCUT2D eigenvalue weighted by molar-refractivity contribution is 7.18. The van der Waals surface area contributed by atoms with Crippen LogP contribution in [0.2, 0.25) is 4.34 Å². The van der Waals surface area contributed by atoms with Crippen molar-refractivity contribution in [3.63, 3.8) is 0 Å². The highest BCUT2D eigenvalue weighted by atomic mass is 35.5. The van der Waals surface area contributed by atoms with Crippen LogP contribution in [-0.4, -0.2) is 74.7 Å². The maximum atomic E-state index is 13.8. The Kier molecular flexibility index (Phi) is 9.45. The summed E-state index contributed by atoms with van der Waals surface area (Å²) < 4.78 is 72.0. The van der Waals surface area contributed by atoms with Crippen molar-refractivity contribution in [3.8, 4) is 0 Å². The van der Waals surface area contributed by atoms with Gasteiger partial charge in [-0.15, -0.1) is 11.3 Å². The average Bonchev–Trinajstić information content (AvgIpc) is 3.24. The molecule has 8 nitrogen and oxygen atoms in total. The standard InChI is InChI=1S/C22H22ClF5N4O4S/c1-31(11-22(26,27)28)15(9-29-21(35)16-4-5-17(23)37-16)20(34)30-12-2-3-14(13(8-12)19(24)25)32-6-7-36-10-18(32)33/h2-5,8,15,19H,6-7,9-11H2,1H3,(H,29,35)(H,30,34)/t15-/m1/s1. The van der Waals surface area contributed by atoms with Gasteiger partial charge >= 0.3 is 6.18 Å². The van der Waals surface area contributed by atoms with Crippen LogP contribution in [0.1, 0.15) is 21.7 Å². The fraction of sp³-hybridized carbons (Fsp3) is 0.409. The van der Waals surface area contributed by atoms with Crippen LogP contribution >= 0.6 is 22.9 Å². The molecule has 1 aliphatic rings. The SMILES string of the molecule is CN(CC(F)(F)F)[C@H](CNC(=O)c1ccc(Cl)s1)C(=O)Nc1ccc(N2CCOCC2=O)c(C(F)F)c1. The van der Waals surface area contributed by atoms with Gasteiger partial charge in [0.2, 0.25) is 5.91 Å². The van der Waals surface area contributed by atoms with Crippen LogP contribution in [0.25, 0.3) is 0 Å². The number of hydrogen-bond donors (Lipinski definition) is 2. The van der Waals surface area contributed by atoms with Gasteiger partial charge < -0.3 is 20.3 Å². The molecule has 0 aliphatic carbocycles. The van der Waals surface area contributed by atoms with Crippen LogP contribution in [-0.2, 0) is 14.3 Å². The molecule has 0 saturated carbocycles. The monoisotopic (exact) mass is 568 g/mol. The predicted molar refractivity (Wildman–Crippen MR) is 127 cm³/mol. The number of halogens is 6. The molecular formula is C22H22ClF5N4O4S. The molecular weight excluding hydrogens is 547 g/mol. The normalized spacial score (nSPS) is 15.3. The molecule has 0 unspecified atom stereocenters. The van der Waals surface area contributed by atoms with Gasteiger partial charge in [0.1, 0.15) is 12.6 Å². The first-order valence-corrected chi connectivity index (χ1v) is 12.0. The molecule has 15 heteroatoms. The number of nitrogens with one attached hydrogen (secondary N) is 2. The topological polar surface area (TPSA) is 91.0 Å². The Hall–Kier alpha value is -2.81. The number of alkyl halides is 5. The van der Waals surface area contributed by atoms with E-state index in [1.54, 1.807) is 0 Å². The molecule has 1 aliphatic heterocycles. The Bertz CT molecular complexity index is 1150. The van der Waals surface area contributed by atoms with Crippen LogP contribution in [0.4, 0.5) is 33.3 Å². The summed E-state index contributed by atoms with van der Waals surface area (Å²) in [6, 6.07) is 4.82. The van der Waals surface area contributed by atoms with Gasteiger partial charge in [-0.25, -0.2) is 8.78 Å². The van der Waals surface area contributed by atoms with E-state index in [-0.39, 0.29) is 36.0 Å². The number of morpholine rings is 1. The van der Waals surface area contributed by atoms with E-state index in [0.29, 0.717) is 9.24 Å². The predicted octanol–water partition coefficient (Wildman–Crippen LogP) is 3.93. The highest BCUT2D eigenvalue weighted by Crippen LogP contribution is 2.33. The van der Waals surface area contributed by atoms with E-state index >= 15 is 0 Å². The number of likely N-dealkylation sites (N-methyl/N-ethyl adjacent to an activating group) is 1. The van der Waals surface area contributed by atoms with Gasteiger partial charge in [-0.1, -0.05) is 11.6 Å². The molecule has 2 heterocycles. The molecule has 37 heavy (non-hydrogen) atoms. The van der Waals surface area contributed by atoms with Crippen molar-refractivity contribution in [1.82, 2.24) is 10.2 Å². The van der Waals surface area contributed by atoms with Crippen molar-refractivity contribution in [2.75, 3.05) is 50.1 Å². The van der Waals surface area contributed by atoms with E-state index < -0.39 is 55.0 Å². The third-order valence-electron chi connectivity index (χ3n) is 5.32. The van der Waals surface area contributed by atoms with E-state index in [4.69, 9.17) is 16.3 Å². The van der Waals surface area contributed by atoms with Crippen LogP contribution < -0.4 is 15.5 Å². The van der Waals surface area contributed by atoms with Gasteiger partial charge in [0.05, 0.1) is 28.1 Å². The lowest BCUT2D eigenvalue weighted by atomic mass is 10.1. The lowest BCUT2D eigenvalue weighted by Gasteiger charge is -2.29. The largest absolute Gasteiger partial charge is 0.401 e. The number of thiophene rings is 1. The Morgan fingerprint density at radius 1 is 1.24 bits per heavy atom. The van der Waals surface area contributed by atoms with Gasteiger partial charge in [0, 0.05) is 24.3 Å². The molecule has 202 valence electrons. The van der Waals surface area contributed by atoms with Gasteiger partial charge in [-0.3, -0.25) is 19.3 Å². The van der Waals surface area contributed by atoms with Gasteiger partial charge in [0.15, 0.2) is 0 Å². The first-order chi connectivity index (χ1) is 17.4. The molecule has 0 spiro atoms. The summed E-state index contributed by atoms with van der Waals surface area (Å²) in [6.07, 6.45) is -7.66. The third kappa shape index (κ3) is 7.84. The maximum absolute atomic E-state index is 13.8. The molecule has 0 bridgehead atoms. The van der Waals surface area contributed by atoms with Gasteiger partial charge in [0.25, 0.3) is 18.2 Å². The van der Waals surface area contributed by atoms with Crippen molar-refractivity contribution in [3.05, 3.63) is 45.1 Å². The molecule has 2 aromatic rings. The van der Waals surface area contributed by atoms with Gasteiger partial charge in [-0.05, 0) is 37.4 Å². The molecule has 2 N–H and O–H groups in total. The molecule has 1 fully saturated rings. The van der Waals surface area contributed by atoms with E-state index in [0.717, 1.165) is 29.4 Å². The zero-order valence-corrected chi connectivity index (χ0v) is 20.9. The Morgan fingerprint density at radius 2 is 1.97 bits per heavy atom. The smallest absolute Gasteiger partial charge is 0.370 e. The summed E-state index contributed by atoms with van der Waals surface area (Å²) in [6.45, 7) is -2.02. The second-order valence-electron chi connectivity index (χ2n) is 8.02. The van der Waals surface area contributed by atoms with Crippen molar-refractivity contribution in [2.24, 2.45) is 0 Å². The number of amides is 3. The summed E-state index contributed by atoms with van der Waals surface area (Å²) in [5, 5.41) is 4.73. The van der Waals surface area contributed by atoms with Crippen LogP contribution in [0, 0.1) is 0 Å². The van der Waals surface area contributed by atoms with Crippen LogP contribution in [0.15, 0.2) is 30.3 Å². The van der Waals surface area contributed by atoms with Crippen molar-refractivity contribution in [1.29, 1.82) is 0 Å². The summed E-state index contributed by atoms with van der Waals surface area (Å²) in [7, 11) is 1.05. The average molecular weight is 569 g/mol. The molecule has 0 radical (unpaired) electrons. The maximum Gasteiger partial charge on any atom is 0.401 e. The Morgan fingerprint density at radius 3 is 2.57 bits per heavy atom. The highest BCUT2D eigenvalue weighted by Gasteiger charge is 2.35. The zero-order valence-electron chi connectivity index (χ0n) is 19.3. The molecule has 1 aromatic heterocycles. The minimum absolute atomic E-state index is 0.0592. The molecule has 1 atom stereocenters. The minimum Gasteiger partial charge on any atom is -0.370 e. The lowest BCUT2D eigenvalue weighted by Crippen LogP contribution is -2.51. The quantitative estimate of drug-likeness (QED) is 0.447. The van der Waals surface area contributed by atoms with E-state index in [9.17, 15) is 36.3 Å². The molecule has 3 amide bonds. The second-order valence-corrected chi connectivity index (χ2v) is 9.74. The first-order valence-electron chi connectivity index (χ1n) is 10.8. The summed E-state index contributed by atoms with van der Waals surface area (Å²) in [5.74, 6) is -2.12. The van der Waals surface area contributed by atoms with Crippen LogP contribution in [0.5, 0.6) is 0 Å². The third-order valence-corrected chi connectivity index (χ3v) is 6.55. The number of rotatable bonds is 9. The molecule has 1 aromatic carbocycles. The van der Waals surface area contributed by atoms with Crippen LogP contribution in [0.3, 0.4) is 0 Å². The zero-order chi connectivity index (χ0) is 27.3. The first kappa shape index (κ1) is 28.8. The number of nitrogens with zero attached hydrogens (tertiary/aromatic N) is 2.